The summed E-state index contributed by atoms with van der Waals surface area (Å²) in [7, 11) is 0. The summed E-state index contributed by atoms with van der Waals surface area (Å²) in [6.45, 7) is 0.389. The number of carbonyl (C=O) groups excluding carboxylic acids is 1. The first-order valence-corrected chi connectivity index (χ1v) is 7.40. The first kappa shape index (κ1) is 16.0. The molecule has 8 nitrogen and oxygen atoms in total. The molecule has 1 amide bonds. The van der Waals surface area contributed by atoms with Crippen molar-refractivity contribution in [1.29, 1.82) is 0 Å². The van der Waals surface area contributed by atoms with E-state index < -0.39 is 12.1 Å². The fourth-order valence-electron chi connectivity index (χ4n) is 2.48. The standard InChI is InChI=1S/C15H10F3N7O/c16-15(17,18)14(26)21-11-8-24-6-9(3-4-12(24)20-11)7-25-10-2-1-5-19-13(10)22-23-25/h1-6,8H,7H2,(H,21,26). The summed E-state index contributed by atoms with van der Waals surface area (Å²) in [5, 5.41) is 9.73. The molecule has 0 aliphatic carbocycles. The molecule has 0 spiro atoms. The molecule has 0 saturated heterocycles. The molecule has 1 N–H and O–H groups in total. The van der Waals surface area contributed by atoms with Crippen molar-refractivity contribution < 1.29 is 18.0 Å². The Morgan fingerprint density at radius 3 is 2.85 bits per heavy atom. The molecule has 4 aromatic heterocycles. The summed E-state index contributed by atoms with van der Waals surface area (Å²) in [6.07, 6.45) is -0.349. The Morgan fingerprint density at radius 1 is 1.19 bits per heavy atom. The Labute approximate surface area is 143 Å². The summed E-state index contributed by atoms with van der Waals surface area (Å²) < 4.78 is 40.2. The lowest BCUT2D eigenvalue weighted by atomic mass is 10.3. The average Bonchev–Trinajstić information content (AvgIpc) is 3.17. The number of nitrogens with one attached hydrogen (secondary N) is 1. The van der Waals surface area contributed by atoms with Gasteiger partial charge in [-0.05, 0) is 23.8 Å². The number of aromatic nitrogens is 6. The number of imidazole rings is 1. The number of fused-ring (bicyclic) bond motifs is 2. The van der Waals surface area contributed by atoms with Crippen LogP contribution < -0.4 is 5.32 Å². The van der Waals surface area contributed by atoms with E-state index in [4.69, 9.17) is 0 Å². The maximum absolute atomic E-state index is 12.3. The van der Waals surface area contributed by atoms with E-state index in [1.165, 1.54) is 10.6 Å². The van der Waals surface area contributed by atoms with Crippen LogP contribution in [0.5, 0.6) is 0 Å². The molecule has 26 heavy (non-hydrogen) atoms. The van der Waals surface area contributed by atoms with Crippen LogP contribution in [-0.2, 0) is 11.3 Å². The lowest BCUT2D eigenvalue weighted by Crippen LogP contribution is -2.30. The van der Waals surface area contributed by atoms with Crippen molar-refractivity contribution in [1.82, 2.24) is 29.4 Å². The zero-order valence-electron chi connectivity index (χ0n) is 13.0. The number of rotatable bonds is 3. The smallest absolute Gasteiger partial charge is 0.305 e. The molecule has 0 aliphatic heterocycles. The van der Waals surface area contributed by atoms with E-state index >= 15 is 0 Å². The van der Waals surface area contributed by atoms with Crippen LogP contribution in [0.3, 0.4) is 0 Å². The second-order valence-corrected chi connectivity index (χ2v) is 5.47. The van der Waals surface area contributed by atoms with Gasteiger partial charge in [-0.15, -0.1) is 5.10 Å². The highest BCUT2D eigenvalue weighted by Crippen LogP contribution is 2.19. The summed E-state index contributed by atoms with van der Waals surface area (Å²) in [5.41, 5.74) is 2.50. The van der Waals surface area contributed by atoms with Gasteiger partial charge in [-0.3, -0.25) is 4.79 Å². The highest BCUT2D eigenvalue weighted by atomic mass is 19.4. The van der Waals surface area contributed by atoms with Gasteiger partial charge in [0, 0.05) is 12.4 Å². The van der Waals surface area contributed by atoms with Crippen molar-refractivity contribution in [3.63, 3.8) is 0 Å². The molecule has 0 fully saturated rings. The molecule has 0 bridgehead atoms. The van der Waals surface area contributed by atoms with Crippen molar-refractivity contribution >= 4 is 28.5 Å². The number of hydrogen-bond acceptors (Lipinski definition) is 5. The van der Waals surface area contributed by atoms with Crippen LogP contribution in [0, 0.1) is 0 Å². The predicted octanol–water partition coefficient (Wildman–Crippen LogP) is 2.02. The fraction of sp³-hybridized carbons (Fsp3) is 0.133. The topological polar surface area (TPSA) is 90.0 Å². The van der Waals surface area contributed by atoms with Crippen LogP contribution >= 0.6 is 0 Å². The molecular weight excluding hydrogens is 351 g/mol. The van der Waals surface area contributed by atoms with Gasteiger partial charge < -0.3 is 9.72 Å². The number of alkyl halides is 3. The van der Waals surface area contributed by atoms with Crippen molar-refractivity contribution in [3.05, 3.63) is 48.4 Å². The predicted molar refractivity (Wildman–Crippen MR) is 84.3 cm³/mol. The van der Waals surface area contributed by atoms with Gasteiger partial charge in [-0.25, -0.2) is 14.6 Å². The van der Waals surface area contributed by atoms with E-state index in [0.29, 0.717) is 17.8 Å². The third-order valence-corrected chi connectivity index (χ3v) is 3.64. The van der Waals surface area contributed by atoms with E-state index in [2.05, 4.69) is 20.3 Å². The molecule has 4 rings (SSSR count). The SMILES string of the molecule is O=C(Nc1cn2cc(Cn3nnc4ncccc43)ccc2n1)C(F)(F)F. The minimum atomic E-state index is -4.97. The zero-order valence-corrected chi connectivity index (χ0v) is 13.0. The quantitative estimate of drug-likeness (QED) is 0.603. The number of pyridine rings is 2. The van der Waals surface area contributed by atoms with Crippen molar-refractivity contribution in [2.75, 3.05) is 5.32 Å². The molecular formula is C15H10F3N7O. The van der Waals surface area contributed by atoms with Gasteiger partial charge in [0.05, 0.1) is 12.7 Å². The number of anilines is 1. The van der Waals surface area contributed by atoms with Gasteiger partial charge in [0.25, 0.3) is 0 Å². The van der Waals surface area contributed by atoms with Crippen LogP contribution in [0.1, 0.15) is 5.56 Å². The Bertz CT molecular complexity index is 1120. The monoisotopic (exact) mass is 361 g/mol. The second-order valence-electron chi connectivity index (χ2n) is 5.47. The highest BCUT2D eigenvalue weighted by Gasteiger charge is 2.39. The fourth-order valence-corrected chi connectivity index (χ4v) is 2.48. The normalized spacial score (nSPS) is 12.0. The van der Waals surface area contributed by atoms with Crippen molar-refractivity contribution in [2.24, 2.45) is 0 Å². The van der Waals surface area contributed by atoms with E-state index in [0.717, 1.165) is 11.1 Å². The van der Waals surface area contributed by atoms with E-state index in [9.17, 15) is 18.0 Å². The van der Waals surface area contributed by atoms with Crippen LogP contribution in [-0.4, -0.2) is 41.4 Å². The second kappa shape index (κ2) is 5.79. The number of hydrogen-bond donors (Lipinski definition) is 1. The molecule has 4 heterocycles. The molecule has 132 valence electrons. The maximum Gasteiger partial charge on any atom is 0.471 e. The first-order valence-electron chi connectivity index (χ1n) is 7.40. The maximum atomic E-state index is 12.3. The lowest BCUT2D eigenvalue weighted by molar-refractivity contribution is -0.167. The van der Waals surface area contributed by atoms with Crippen LogP contribution in [0.4, 0.5) is 19.0 Å². The number of carbonyl (C=O) groups is 1. The summed E-state index contributed by atoms with van der Waals surface area (Å²) in [5.74, 6) is -2.25. The number of amides is 1. The third-order valence-electron chi connectivity index (χ3n) is 3.64. The summed E-state index contributed by atoms with van der Waals surface area (Å²) in [4.78, 5) is 19.0. The Hall–Kier alpha value is -3.50. The largest absolute Gasteiger partial charge is 0.471 e. The Kier molecular flexibility index (Phi) is 3.56. The Morgan fingerprint density at radius 2 is 2.04 bits per heavy atom. The summed E-state index contributed by atoms with van der Waals surface area (Å²) >= 11 is 0. The molecule has 0 aromatic carbocycles. The first-order chi connectivity index (χ1) is 12.4. The van der Waals surface area contributed by atoms with Gasteiger partial charge in [-0.2, -0.15) is 13.2 Å². The van der Waals surface area contributed by atoms with Crippen LogP contribution in [0.15, 0.2) is 42.9 Å². The lowest BCUT2D eigenvalue weighted by Gasteiger charge is -2.04. The van der Waals surface area contributed by atoms with Crippen LogP contribution in [0.25, 0.3) is 16.8 Å². The van der Waals surface area contributed by atoms with Gasteiger partial charge in [0.1, 0.15) is 11.2 Å². The molecule has 0 unspecified atom stereocenters. The van der Waals surface area contributed by atoms with Gasteiger partial charge >= 0.3 is 12.1 Å². The van der Waals surface area contributed by atoms with E-state index in [1.54, 1.807) is 40.6 Å². The zero-order chi connectivity index (χ0) is 18.3. The van der Waals surface area contributed by atoms with Gasteiger partial charge in [0.2, 0.25) is 5.65 Å². The van der Waals surface area contributed by atoms with E-state index in [1.807, 2.05) is 6.07 Å². The molecule has 4 aromatic rings. The van der Waals surface area contributed by atoms with E-state index in [-0.39, 0.29) is 5.82 Å². The molecule has 0 radical (unpaired) electrons. The Balaban J connectivity index is 1.60. The number of halogens is 3. The molecule has 0 atom stereocenters. The number of nitrogens with zero attached hydrogens (tertiary/aromatic N) is 6. The minimum absolute atomic E-state index is 0.181. The highest BCUT2D eigenvalue weighted by molar-refractivity contribution is 5.94. The van der Waals surface area contributed by atoms with Crippen molar-refractivity contribution in [3.8, 4) is 0 Å². The van der Waals surface area contributed by atoms with Gasteiger partial charge in [-0.1, -0.05) is 11.3 Å². The van der Waals surface area contributed by atoms with Crippen molar-refractivity contribution in [2.45, 2.75) is 12.7 Å². The molecule has 0 saturated carbocycles. The average molecular weight is 361 g/mol. The van der Waals surface area contributed by atoms with Crippen LogP contribution in [0.2, 0.25) is 0 Å². The third kappa shape index (κ3) is 2.94. The minimum Gasteiger partial charge on any atom is -0.305 e. The summed E-state index contributed by atoms with van der Waals surface area (Å²) in [6, 6.07) is 7.01. The van der Waals surface area contributed by atoms with Gasteiger partial charge in [0.15, 0.2) is 5.82 Å². The molecule has 0 aliphatic rings. The molecule has 11 heteroatoms.